The van der Waals surface area contributed by atoms with Crippen molar-refractivity contribution in [3.05, 3.63) is 57.5 Å². The molecule has 3 heteroatoms. The van der Waals surface area contributed by atoms with Crippen LogP contribution in [0, 0.1) is 6.92 Å². The number of benzene rings is 1. The Morgan fingerprint density at radius 2 is 1.80 bits per heavy atom. The van der Waals surface area contributed by atoms with Gasteiger partial charge in [0.05, 0.1) is 0 Å². The maximum atomic E-state index is 11.4. The SMILES string of the molecule is Cc1c(-c2ccc(Cl)cc2)cc[nH]c1=O. The average Bonchev–Trinajstić information content (AvgIpc) is 2.24. The highest BCUT2D eigenvalue weighted by molar-refractivity contribution is 6.30. The van der Waals surface area contributed by atoms with Crippen molar-refractivity contribution in [1.29, 1.82) is 0 Å². The molecule has 0 bridgehead atoms. The normalized spacial score (nSPS) is 10.3. The second-order valence-corrected chi connectivity index (χ2v) is 3.79. The molecule has 1 N–H and O–H groups in total. The first kappa shape index (κ1) is 9.99. The van der Waals surface area contributed by atoms with E-state index >= 15 is 0 Å². The summed E-state index contributed by atoms with van der Waals surface area (Å²) in [5.41, 5.74) is 2.61. The van der Waals surface area contributed by atoms with E-state index in [-0.39, 0.29) is 5.56 Å². The molecular weight excluding hydrogens is 210 g/mol. The molecule has 2 rings (SSSR count). The number of aromatic nitrogens is 1. The van der Waals surface area contributed by atoms with E-state index in [4.69, 9.17) is 11.6 Å². The predicted octanol–water partition coefficient (Wildman–Crippen LogP) is 3.00. The van der Waals surface area contributed by atoms with Crippen molar-refractivity contribution in [1.82, 2.24) is 4.98 Å². The molecule has 1 aromatic heterocycles. The van der Waals surface area contributed by atoms with Crippen molar-refractivity contribution in [2.75, 3.05) is 0 Å². The summed E-state index contributed by atoms with van der Waals surface area (Å²) in [5.74, 6) is 0. The van der Waals surface area contributed by atoms with Crippen molar-refractivity contribution < 1.29 is 0 Å². The molecule has 2 nitrogen and oxygen atoms in total. The number of halogens is 1. The molecule has 0 amide bonds. The van der Waals surface area contributed by atoms with Gasteiger partial charge in [0, 0.05) is 16.8 Å². The minimum absolute atomic E-state index is 0.0533. The van der Waals surface area contributed by atoms with E-state index in [9.17, 15) is 4.79 Å². The molecule has 76 valence electrons. The lowest BCUT2D eigenvalue weighted by Crippen LogP contribution is -2.09. The van der Waals surface area contributed by atoms with Gasteiger partial charge in [0.1, 0.15) is 0 Å². The van der Waals surface area contributed by atoms with Crippen molar-refractivity contribution in [2.45, 2.75) is 6.92 Å². The zero-order valence-corrected chi connectivity index (χ0v) is 9.01. The quantitative estimate of drug-likeness (QED) is 0.786. The molecular formula is C12H10ClNO. The van der Waals surface area contributed by atoms with Crippen molar-refractivity contribution in [3.8, 4) is 11.1 Å². The Morgan fingerprint density at radius 1 is 1.13 bits per heavy atom. The summed E-state index contributed by atoms with van der Waals surface area (Å²) in [7, 11) is 0. The summed E-state index contributed by atoms with van der Waals surface area (Å²) >= 11 is 5.80. The van der Waals surface area contributed by atoms with Crippen LogP contribution in [-0.4, -0.2) is 4.98 Å². The molecule has 0 saturated carbocycles. The van der Waals surface area contributed by atoms with Crippen LogP contribution in [0.4, 0.5) is 0 Å². The lowest BCUT2D eigenvalue weighted by molar-refractivity contribution is 1.18. The van der Waals surface area contributed by atoms with E-state index in [2.05, 4.69) is 4.98 Å². The third kappa shape index (κ3) is 1.95. The minimum Gasteiger partial charge on any atom is -0.329 e. The van der Waals surface area contributed by atoms with E-state index in [0.717, 1.165) is 16.7 Å². The van der Waals surface area contributed by atoms with Crippen LogP contribution in [0.1, 0.15) is 5.56 Å². The van der Waals surface area contributed by atoms with Crippen LogP contribution in [0.5, 0.6) is 0 Å². The number of rotatable bonds is 1. The molecule has 15 heavy (non-hydrogen) atoms. The largest absolute Gasteiger partial charge is 0.329 e. The number of nitrogens with one attached hydrogen (secondary N) is 1. The Labute approximate surface area is 92.5 Å². The second kappa shape index (κ2) is 3.91. The van der Waals surface area contributed by atoms with Gasteiger partial charge >= 0.3 is 0 Å². The topological polar surface area (TPSA) is 32.9 Å². The maximum Gasteiger partial charge on any atom is 0.251 e. The van der Waals surface area contributed by atoms with Crippen LogP contribution in [-0.2, 0) is 0 Å². The number of hydrogen-bond acceptors (Lipinski definition) is 1. The molecule has 1 heterocycles. The van der Waals surface area contributed by atoms with Crippen molar-refractivity contribution >= 4 is 11.6 Å². The Hall–Kier alpha value is -1.54. The van der Waals surface area contributed by atoms with Crippen molar-refractivity contribution in [2.24, 2.45) is 0 Å². The number of aromatic amines is 1. The first-order valence-electron chi connectivity index (χ1n) is 4.63. The van der Waals surface area contributed by atoms with Crippen LogP contribution in [0.15, 0.2) is 41.3 Å². The Kier molecular flexibility index (Phi) is 2.60. The van der Waals surface area contributed by atoms with Gasteiger partial charge in [0.15, 0.2) is 0 Å². The van der Waals surface area contributed by atoms with Gasteiger partial charge in [-0.1, -0.05) is 23.7 Å². The van der Waals surface area contributed by atoms with Gasteiger partial charge in [-0.15, -0.1) is 0 Å². The molecule has 2 aromatic rings. The second-order valence-electron chi connectivity index (χ2n) is 3.35. The molecule has 0 aliphatic heterocycles. The average molecular weight is 220 g/mol. The van der Waals surface area contributed by atoms with Crippen LogP contribution in [0.25, 0.3) is 11.1 Å². The third-order valence-corrected chi connectivity index (χ3v) is 2.62. The van der Waals surface area contributed by atoms with Crippen LogP contribution < -0.4 is 5.56 Å². The van der Waals surface area contributed by atoms with E-state index in [1.807, 2.05) is 37.3 Å². The van der Waals surface area contributed by atoms with Gasteiger partial charge in [-0.2, -0.15) is 0 Å². The van der Waals surface area contributed by atoms with E-state index in [1.54, 1.807) is 6.20 Å². The monoisotopic (exact) mass is 219 g/mol. The molecule has 1 aromatic carbocycles. The van der Waals surface area contributed by atoms with Gasteiger partial charge in [-0.05, 0) is 36.2 Å². The third-order valence-electron chi connectivity index (χ3n) is 2.36. The molecule has 0 fully saturated rings. The Morgan fingerprint density at radius 3 is 2.47 bits per heavy atom. The van der Waals surface area contributed by atoms with Crippen LogP contribution in [0.2, 0.25) is 5.02 Å². The molecule has 0 unspecified atom stereocenters. The minimum atomic E-state index is -0.0533. The standard InChI is InChI=1S/C12H10ClNO/c1-8-11(6-7-14-12(8)15)9-2-4-10(13)5-3-9/h2-7H,1H3,(H,14,15). The zero-order valence-electron chi connectivity index (χ0n) is 8.25. The fraction of sp³-hybridized carbons (Fsp3) is 0.0833. The van der Waals surface area contributed by atoms with Gasteiger partial charge in [0.2, 0.25) is 0 Å². The Bertz CT molecular complexity index is 528. The molecule has 0 saturated heterocycles. The molecule has 0 spiro atoms. The highest BCUT2D eigenvalue weighted by Gasteiger charge is 2.03. The Balaban J connectivity index is 2.59. The number of pyridine rings is 1. The fourth-order valence-corrected chi connectivity index (χ4v) is 1.62. The molecule has 0 radical (unpaired) electrons. The summed E-state index contributed by atoms with van der Waals surface area (Å²) in [6, 6.07) is 9.34. The van der Waals surface area contributed by atoms with Crippen LogP contribution in [0.3, 0.4) is 0 Å². The maximum absolute atomic E-state index is 11.4. The van der Waals surface area contributed by atoms with E-state index < -0.39 is 0 Å². The summed E-state index contributed by atoms with van der Waals surface area (Å²) in [6.07, 6.45) is 1.65. The predicted molar refractivity (Wildman–Crippen MR) is 62.2 cm³/mol. The summed E-state index contributed by atoms with van der Waals surface area (Å²) in [6.45, 7) is 1.81. The summed E-state index contributed by atoms with van der Waals surface area (Å²) in [4.78, 5) is 14.0. The van der Waals surface area contributed by atoms with E-state index in [0.29, 0.717) is 5.02 Å². The molecule has 0 atom stereocenters. The first-order valence-corrected chi connectivity index (χ1v) is 5.00. The van der Waals surface area contributed by atoms with Crippen LogP contribution >= 0.6 is 11.6 Å². The van der Waals surface area contributed by atoms with Gasteiger partial charge in [0.25, 0.3) is 5.56 Å². The number of hydrogen-bond donors (Lipinski definition) is 1. The fourth-order valence-electron chi connectivity index (χ4n) is 1.50. The summed E-state index contributed by atoms with van der Waals surface area (Å²) in [5, 5.41) is 0.696. The van der Waals surface area contributed by atoms with Gasteiger partial charge < -0.3 is 4.98 Å². The highest BCUT2D eigenvalue weighted by Crippen LogP contribution is 2.22. The van der Waals surface area contributed by atoms with Crippen molar-refractivity contribution in [3.63, 3.8) is 0 Å². The highest BCUT2D eigenvalue weighted by atomic mass is 35.5. The van der Waals surface area contributed by atoms with E-state index in [1.165, 1.54) is 0 Å². The molecule has 0 aliphatic carbocycles. The zero-order chi connectivity index (χ0) is 10.8. The lowest BCUT2D eigenvalue weighted by atomic mass is 10.0. The molecule has 0 aliphatic rings. The van der Waals surface area contributed by atoms with Gasteiger partial charge in [-0.3, -0.25) is 4.79 Å². The van der Waals surface area contributed by atoms with Gasteiger partial charge in [-0.25, -0.2) is 0 Å². The first-order chi connectivity index (χ1) is 7.18. The smallest absolute Gasteiger partial charge is 0.251 e. The summed E-state index contributed by atoms with van der Waals surface area (Å²) < 4.78 is 0. The number of H-pyrrole nitrogens is 1. The lowest BCUT2D eigenvalue weighted by Gasteiger charge is -2.04.